The number of aryl methyl sites for hydroxylation is 2. The van der Waals surface area contributed by atoms with Crippen LogP contribution in [-0.4, -0.2) is 5.97 Å². The fourth-order valence-electron chi connectivity index (χ4n) is 3.09. The third kappa shape index (κ3) is 2.22. The maximum absolute atomic E-state index is 11.8. The lowest BCUT2D eigenvalue weighted by atomic mass is 9.85. The number of hydrogen-bond donors (Lipinski definition) is 0. The molecule has 0 aliphatic carbocycles. The van der Waals surface area contributed by atoms with Gasteiger partial charge in [0, 0.05) is 5.92 Å². The molecule has 0 unspecified atom stereocenters. The van der Waals surface area contributed by atoms with E-state index in [9.17, 15) is 4.79 Å². The van der Waals surface area contributed by atoms with Crippen molar-refractivity contribution >= 4 is 5.97 Å². The van der Waals surface area contributed by atoms with Crippen LogP contribution in [0.3, 0.4) is 0 Å². The molecule has 1 fully saturated rings. The Morgan fingerprint density at radius 2 is 1.60 bits per heavy atom. The Morgan fingerprint density at radius 3 is 2.25 bits per heavy atom. The topological polar surface area (TPSA) is 26.3 Å². The quantitative estimate of drug-likeness (QED) is 0.766. The van der Waals surface area contributed by atoms with Crippen LogP contribution in [0.25, 0.3) is 0 Å². The fraction of sp³-hybridized carbons (Fsp3) is 0.278. The van der Waals surface area contributed by atoms with Crippen LogP contribution in [0, 0.1) is 13.8 Å². The van der Waals surface area contributed by atoms with Crippen molar-refractivity contribution in [1.29, 1.82) is 0 Å². The minimum atomic E-state index is -0.161. The first kappa shape index (κ1) is 12.9. The zero-order valence-corrected chi connectivity index (χ0v) is 11.8. The van der Waals surface area contributed by atoms with Crippen molar-refractivity contribution in [3.8, 4) is 0 Å². The smallest absolute Gasteiger partial charge is 0.307 e. The summed E-state index contributed by atoms with van der Waals surface area (Å²) < 4.78 is 5.64. The molecule has 0 N–H and O–H groups in total. The molecular formula is C18H18O2. The summed E-state index contributed by atoms with van der Waals surface area (Å²) in [4.78, 5) is 11.8. The van der Waals surface area contributed by atoms with Gasteiger partial charge in [-0.3, -0.25) is 4.79 Å². The molecule has 1 heterocycles. The normalized spacial score (nSPS) is 21.8. The van der Waals surface area contributed by atoms with E-state index >= 15 is 0 Å². The van der Waals surface area contributed by atoms with Gasteiger partial charge < -0.3 is 4.74 Å². The number of cyclic esters (lactones) is 1. The van der Waals surface area contributed by atoms with Gasteiger partial charge in [-0.25, -0.2) is 0 Å². The number of carbonyl (C=O) groups excluding carboxylic acids is 1. The number of ether oxygens (including phenoxy) is 1. The number of benzene rings is 2. The van der Waals surface area contributed by atoms with Gasteiger partial charge in [-0.1, -0.05) is 48.5 Å². The first-order chi connectivity index (χ1) is 9.66. The Labute approximate surface area is 119 Å². The number of rotatable bonds is 2. The molecule has 2 nitrogen and oxygen atoms in total. The van der Waals surface area contributed by atoms with Crippen molar-refractivity contribution < 1.29 is 9.53 Å². The summed E-state index contributed by atoms with van der Waals surface area (Å²) in [5.74, 6) is 0.00926. The monoisotopic (exact) mass is 266 g/mol. The van der Waals surface area contributed by atoms with Gasteiger partial charge in [-0.05, 0) is 36.1 Å². The second kappa shape index (κ2) is 5.12. The fourth-order valence-corrected chi connectivity index (χ4v) is 3.09. The predicted molar refractivity (Wildman–Crippen MR) is 78.5 cm³/mol. The van der Waals surface area contributed by atoms with Crippen molar-refractivity contribution in [3.05, 3.63) is 70.8 Å². The maximum Gasteiger partial charge on any atom is 0.307 e. The van der Waals surface area contributed by atoms with Crippen molar-refractivity contribution in [3.63, 3.8) is 0 Å². The highest BCUT2D eigenvalue weighted by molar-refractivity contribution is 5.74. The van der Waals surface area contributed by atoms with Crippen LogP contribution in [0.15, 0.2) is 48.5 Å². The molecule has 0 aromatic heterocycles. The van der Waals surface area contributed by atoms with Gasteiger partial charge in [0.25, 0.3) is 0 Å². The minimum absolute atomic E-state index is 0.105. The van der Waals surface area contributed by atoms with E-state index in [-0.39, 0.29) is 18.0 Å². The Kier molecular flexibility index (Phi) is 3.31. The SMILES string of the molecule is Cc1cccc(C)c1[C@H]1OC(=O)C[C@@H]1c1ccccc1. The van der Waals surface area contributed by atoms with E-state index in [1.807, 2.05) is 24.3 Å². The Balaban J connectivity index is 2.05. The molecule has 2 aromatic carbocycles. The molecule has 1 saturated heterocycles. The summed E-state index contributed by atoms with van der Waals surface area (Å²) in [6.07, 6.45) is 0.300. The van der Waals surface area contributed by atoms with Gasteiger partial charge in [0.2, 0.25) is 0 Å². The lowest BCUT2D eigenvalue weighted by molar-refractivity contribution is -0.141. The molecule has 102 valence electrons. The highest BCUT2D eigenvalue weighted by Crippen LogP contribution is 2.44. The summed E-state index contributed by atoms with van der Waals surface area (Å²) in [6.45, 7) is 4.16. The van der Waals surface area contributed by atoms with Gasteiger partial charge in [0.15, 0.2) is 0 Å². The maximum atomic E-state index is 11.8. The Morgan fingerprint density at radius 1 is 0.950 bits per heavy atom. The average molecular weight is 266 g/mol. The molecule has 1 aliphatic rings. The molecular weight excluding hydrogens is 248 g/mol. The number of carbonyl (C=O) groups is 1. The predicted octanol–water partition coefficient (Wildman–Crippen LogP) is 4.08. The van der Waals surface area contributed by atoms with Crippen LogP contribution in [0.1, 0.15) is 40.7 Å². The largest absolute Gasteiger partial charge is 0.457 e. The van der Waals surface area contributed by atoms with E-state index in [0.29, 0.717) is 6.42 Å². The molecule has 2 aromatic rings. The van der Waals surface area contributed by atoms with Crippen molar-refractivity contribution in [2.45, 2.75) is 32.3 Å². The Bertz CT molecular complexity index is 611. The molecule has 1 aliphatic heterocycles. The molecule has 0 bridgehead atoms. The van der Waals surface area contributed by atoms with Crippen molar-refractivity contribution in [2.24, 2.45) is 0 Å². The van der Waals surface area contributed by atoms with Gasteiger partial charge in [0.05, 0.1) is 6.42 Å². The van der Waals surface area contributed by atoms with Crippen LogP contribution < -0.4 is 0 Å². The van der Waals surface area contributed by atoms with Crippen LogP contribution in [-0.2, 0) is 9.53 Å². The van der Waals surface area contributed by atoms with Crippen LogP contribution in [0.4, 0.5) is 0 Å². The van der Waals surface area contributed by atoms with E-state index in [4.69, 9.17) is 4.74 Å². The summed E-state index contributed by atoms with van der Waals surface area (Å²) >= 11 is 0. The molecule has 0 amide bonds. The molecule has 0 radical (unpaired) electrons. The summed E-state index contributed by atoms with van der Waals surface area (Å²) in [7, 11) is 0. The van der Waals surface area contributed by atoms with Crippen LogP contribution >= 0.6 is 0 Å². The molecule has 0 saturated carbocycles. The van der Waals surface area contributed by atoms with Crippen molar-refractivity contribution in [1.82, 2.24) is 0 Å². The summed E-state index contributed by atoms with van der Waals surface area (Å²) in [5, 5.41) is 0. The summed E-state index contributed by atoms with van der Waals surface area (Å²) in [5.41, 5.74) is 4.70. The lowest BCUT2D eigenvalue weighted by Gasteiger charge is -2.22. The van der Waals surface area contributed by atoms with E-state index in [0.717, 1.165) is 5.56 Å². The zero-order chi connectivity index (χ0) is 14.1. The molecule has 2 heteroatoms. The standard InChI is InChI=1S/C18H18O2/c1-12-7-6-8-13(2)17(12)18-15(11-16(19)20-18)14-9-4-3-5-10-14/h3-10,15,18H,11H2,1-2H3/t15-,18+/m1/s1. The van der Waals surface area contributed by atoms with E-state index in [1.54, 1.807) is 0 Å². The first-order valence-electron chi connectivity index (χ1n) is 6.97. The van der Waals surface area contributed by atoms with Gasteiger partial charge in [0.1, 0.15) is 6.10 Å². The second-order valence-corrected chi connectivity index (χ2v) is 5.44. The highest BCUT2D eigenvalue weighted by atomic mass is 16.5. The molecule has 3 rings (SSSR count). The molecule has 0 spiro atoms. The average Bonchev–Trinajstić information content (AvgIpc) is 2.81. The minimum Gasteiger partial charge on any atom is -0.457 e. The number of esters is 1. The molecule has 20 heavy (non-hydrogen) atoms. The van der Waals surface area contributed by atoms with Crippen LogP contribution in [0.5, 0.6) is 0 Å². The third-order valence-electron chi connectivity index (χ3n) is 4.06. The third-order valence-corrected chi connectivity index (χ3v) is 4.06. The lowest BCUT2D eigenvalue weighted by Crippen LogP contribution is -2.09. The number of hydrogen-bond acceptors (Lipinski definition) is 2. The van der Waals surface area contributed by atoms with Gasteiger partial charge >= 0.3 is 5.97 Å². The second-order valence-electron chi connectivity index (χ2n) is 5.44. The van der Waals surface area contributed by atoms with Crippen LogP contribution in [0.2, 0.25) is 0 Å². The van der Waals surface area contributed by atoms with Gasteiger partial charge in [-0.15, -0.1) is 0 Å². The Hall–Kier alpha value is -2.09. The van der Waals surface area contributed by atoms with Crippen molar-refractivity contribution in [2.75, 3.05) is 0 Å². The van der Waals surface area contributed by atoms with E-state index in [2.05, 4.69) is 38.1 Å². The molecule has 2 atom stereocenters. The highest BCUT2D eigenvalue weighted by Gasteiger charge is 2.38. The summed E-state index contributed by atoms with van der Waals surface area (Å²) in [6, 6.07) is 16.4. The zero-order valence-electron chi connectivity index (χ0n) is 11.8. The first-order valence-corrected chi connectivity index (χ1v) is 6.97. The van der Waals surface area contributed by atoms with E-state index in [1.165, 1.54) is 16.7 Å². The van der Waals surface area contributed by atoms with Gasteiger partial charge in [-0.2, -0.15) is 0 Å². The van der Waals surface area contributed by atoms with E-state index < -0.39 is 0 Å².